The molecule has 3 nitrogen and oxygen atoms in total. The van der Waals surface area contributed by atoms with E-state index in [0.717, 1.165) is 19.6 Å². The molecule has 0 saturated heterocycles. The summed E-state index contributed by atoms with van der Waals surface area (Å²) in [5.74, 6) is 0. The predicted octanol–water partition coefficient (Wildman–Crippen LogP) is 2.66. The lowest BCUT2D eigenvalue weighted by Gasteiger charge is -2.26. The number of nitrogens with zero attached hydrogens (tertiary/aromatic N) is 1. The maximum Gasteiger partial charge on any atom is 0.0820 e. The van der Waals surface area contributed by atoms with Crippen molar-refractivity contribution in [1.82, 2.24) is 4.90 Å². The lowest BCUT2D eigenvalue weighted by Crippen LogP contribution is -2.37. The molecular formula is C18H24N2O. The molecule has 0 aliphatic rings. The number of hydrogen-bond acceptors (Lipinski definition) is 3. The Labute approximate surface area is 127 Å². The van der Waals surface area contributed by atoms with Gasteiger partial charge in [0.1, 0.15) is 0 Å². The molecule has 2 aromatic rings. The Kier molecular flexibility index (Phi) is 6.41. The molecule has 1 atom stereocenters. The Morgan fingerprint density at radius 2 is 1.38 bits per heavy atom. The Balaban J connectivity index is 2.06. The molecule has 0 aromatic heterocycles. The SMILES string of the molecule is COC(CN)CN(Cc1ccccc1)Cc1ccccc1. The zero-order chi connectivity index (χ0) is 14.9. The lowest BCUT2D eigenvalue weighted by atomic mass is 10.1. The summed E-state index contributed by atoms with van der Waals surface area (Å²) in [7, 11) is 1.72. The predicted molar refractivity (Wildman–Crippen MR) is 86.8 cm³/mol. The average molecular weight is 284 g/mol. The normalized spacial score (nSPS) is 12.5. The number of nitrogens with two attached hydrogens (primary N) is 1. The molecule has 0 heterocycles. The molecular weight excluding hydrogens is 260 g/mol. The third kappa shape index (κ3) is 5.31. The second-order valence-corrected chi connectivity index (χ2v) is 5.23. The third-order valence-corrected chi connectivity index (χ3v) is 3.56. The molecule has 1 unspecified atom stereocenters. The Bertz CT molecular complexity index is 456. The van der Waals surface area contributed by atoms with Crippen LogP contribution < -0.4 is 5.73 Å². The van der Waals surface area contributed by atoms with Crippen molar-refractivity contribution >= 4 is 0 Å². The molecule has 2 rings (SSSR count). The molecule has 2 N–H and O–H groups in total. The molecule has 3 heteroatoms. The first-order valence-electron chi connectivity index (χ1n) is 7.35. The van der Waals surface area contributed by atoms with Gasteiger partial charge in [-0.1, -0.05) is 60.7 Å². The van der Waals surface area contributed by atoms with E-state index in [1.165, 1.54) is 11.1 Å². The molecule has 112 valence electrons. The quantitative estimate of drug-likeness (QED) is 0.810. The van der Waals surface area contributed by atoms with E-state index in [2.05, 4.69) is 53.4 Å². The highest BCUT2D eigenvalue weighted by Crippen LogP contribution is 2.11. The van der Waals surface area contributed by atoms with Crippen molar-refractivity contribution in [2.45, 2.75) is 19.2 Å². The highest BCUT2D eigenvalue weighted by molar-refractivity contribution is 5.17. The van der Waals surface area contributed by atoms with Crippen LogP contribution in [0.25, 0.3) is 0 Å². The fraction of sp³-hybridized carbons (Fsp3) is 0.333. The van der Waals surface area contributed by atoms with Crippen LogP contribution in [-0.2, 0) is 17.8 Å². The van der Waals surface area contributed by atoms with E-state index in [1.807, 2.05) is 12.1 Å². The van der Waals surface area contributed by atoms with Crippen LogP contribution in [0.4, 0.5) is 0 Å². The number of hydrogen-bond donors (Lipinski definition) is 1. The molecule has 0 saturated carbocycles. The van der Waals surface area contributed by atoms with Gasteiger partial charge in [-0.2, -0.15) is 0 Å². The molecule has 0 fully saturated rings. The zero-order valence-electron chi connectivity index (χ0n) is 12.6. The van der Waals surface area contributed by atoms with Crippen molar-refractivity contribution in [3.8, 4) is 0 Å². The second-order valence-electron chi connectivity index (χ2n) is 5.23. The first-order valence-corrected chi connectivity index (χ1v) is 7.35. The fourth-order valence-corrected chi connectivity index (χ4v) is 2.40. The van der Waals surface area contributed by atoms with E-state index in [1.54, 1.807) is 7.11 Å². The van der Waals surface area contributed by atoms with Crippen molar-refractivity contribution in [2.24, 2.45) is 5.73 Å². The van der Waals surface area contributed by atoms with Crippen molar-refractivity contribution in [3.05, 3.63) is 71.8 Å². The topological polar surface area (TPSA) is 38.5 Å². The van der Waals surface area contributed by atoms with Crippen LogP contribution in [0.2, 0.25) is 0 Å². The van der Waals surface area contributed by atoms with E-state index in [0.29, 0.717) is 6.54 Å². The Morgan fingerprint density at radius 1 is 0.905 bits per heavy atom. The van der Waals surface area contributed by atoms with Crippen molar-refractivity contribution in [3.63, 3.8) is 0 Å². The molecule has 0 aliphatic heterocycles. The minimum absolute atomic E-state index is 0.0671. The summed E-state index contributed by atoms with van der Waals surface area (Å²) in [5, 5.41) is 0. The van der Waals surface area contributed by atoms with Crippen LogP contribution in [-0.4, -0.2) is 31.2 Å². The van der Waals surface area contributed by atoms with E-state index in [4.69, 9.17) is 10.5 Å². The third-order valence-electron chi connectivity index (χ3n) is 3.56. The minimum atomic E-state index is 0.0671. The van der Waals surface area contributed by atoms with Gasteiger partial charge in [0, 0.05) is 33.3 Å². The number of methoxy groups -OCH3 is 1. The molecule has 0 aliphatic carbocycles. The summed E-state index contributed by atoms with van der Waals surface area (Å²) >= 11 is 0. The molecule has 21 heavy (non-hydrogen) atoms. The summed E-state index contributed by atoms with van der Waals surface area (Å²) in [4.78, 5) is 2.38. The first-order chi connectivity index (χ1) is 10.3. The standard InChI is InChI=1S/C18H24N2O/c1-21-18(12-19)15-20(13-16-8-4-2-5-9-16)14-17-10-6-3-7-11-17/h2-11,18H,12-15,19H2,1H3. The highest BCUT2D eigenvalue weighted by Gasteiger charge is 2.13. The van der Waals surface area contributed by atoms with Crippen LogP contribution in [0.15, 0.2) is 60.7 Å². The molecule has 2 aromatic carbocycles. The van der Waals surface area contributed by atoms with Crippen LogP contribution in [0, 0.1) is 0 Å². The van der Waals surface area contributed by atoms with Gasteiger partial charge in [-0.3, -0.25) is 4.90 Å². The number of rotatable bonds is 8. The van der Waals surface area contributed by atoms with Crippen LogP contribution >= 0.6 is 0 Å². The largest absolute Gasteiger partial charge is 0.379 e. The van der Waals surface area contributed by atoms with Gasteiger partial charge in [-0.25, -0.2) is 0 Å². The molecule has 0 bridgehead atoms. The van der Waals surface area contributed by atoms with Crippen molar-refractivity contribution in [2.75, 3.05) is 20.2 Å². The van der Waals surface area contributed by atoms with Gasteiger partial charge < -0.3 is 10.5 Å². The van der Waals surface area contributed by atoms with E-state index >= 15 is 0 Å². The van der Waals surface area contributed by atoms with Crippen LogP contribution in [0.1, 0.15) is 11.1 Å². The minimum Gasteiger partial charge on any atom is -0.379 e. The molecule has 0 amide bonds. The summed E-state index contributed by atoms with van der Waals surface area (Å²) in [6.45, 7) is 3.17. The van der Waals surface area contributed by atoms with E-state index in [9.17, 15) is 0 Å². The Morgan fingerprint density at radius 3 is 1.76 bits per heavy atom. The van der Waals surface area contributed by atoms with Gasteiger partial charge in [0.05, 0.1) is 6.10 Å². The number of benzene rings is 2. The average Bonchev–Trinajstić information content (AvgIpc) is 2.54. The number of ether oxygens (including phenoxy) is 1. The van der Waals surface area contributed by atoms with Crippen molar-refractivity contribution < 1.29 is 4.74 Å². The first kappa shape index (κ1) is 15.7. The van der Waals surface area contributed by atoms with Gasteiger partial charge in [0.15, 0.2) is 0 Å². The van der Waals surface area contributed by atoms with E-state index in [-0.39, 0.29) is 6.10 Å². The summed E-state index contributed by atoms with van der Waals surface area (Å²) in [6.07, 6.45) is 0.0671. The van der Waals surface area contributed by atoms with Gasteiger partial charge in [-0.15, -0.1) is 0 Å². The monoisotopic (exact) mass is 284 g/mol. The van der Waals surface area contributed by atoms with Crippen molar-refractivity contribution in [1.29, 1.82) is 0 Å². The lowest BCUT2D eigenvalue weighted by molar-refractivity contribution is 0.0645. The molecule has 0 radical (unpaired) electrons. The molecule has 0 spiro atoms. The smallest absolute Gasteiger partial charge is 0.0820 e. The van der Waals surface area contributed by atoms with Gasteiger partial charge in [0.25, 0.3) is 0 Å². The second kappa shape index (κ2) is 8.57. The van der Waals surface area contributed by atoms with E-state index < -0.39 is 0 Å². The van der Waals surface area contributed by atoms with Gasteiger partial charge in [-0.05, 0) is 11.1 Å². The summed E-state index contributed by atoms with van der Waals surface area (Å²) in [5.41, 5.74) is 8.38. The summed E-state index contributed by atoms with van der Waals surface area (Å²) in [6, 6.07) is 21.0. The van der Waals surface area contributed by atoms with Gasteiger partial charge in [0.2, 0.25) is 0 Å². The fourth-order valence-electron chi connectivity index (χ4n) is 2.40. The highest BCUT2D eigenvalue weighted by atomic mass is 16.5. The zero-order valence-corrected chi connectivity index (χ0v) is 12.6. The maximum atomic E-state index is 5.77. The van der Waals surface area contributed by atoms with Crippen LogP contribution in [0.3, 0.4) is 0 Å². The Hall–Kier alpha value is -1.68. The maximum absolute atomic E-state index is 5.77. The summed E-state index contributed by atoms with van der Waals surface area (Å²) < 4.78 is 5.44. The van der Waals surface area contributed by atoms with Gasteiger partial charge >= 0.3 is 0 Å². The van der Waals surface area contributed by atoms with Crippen LogP contribution in [0.5, 0.6) is 0 Å².